The van der Waals surface area contributed by atoms with E-state index in [2.05, 4.69) is 10.3 Å². The van der Waals surface area contributed by atoms with Gasteiger partial charge in [0.1, 0.15) is 17.7 Å². The summed E-state index contributed by atoms with van der Waals surface area (Å²) in [6, 6.07) is 9.35. The first-order valence-corrected chi connectivity index (χ1v) is 10.8. The second kappa shape index (κ2) is 8.79. The number of rotatable bonds is 5. The third-order valence-corrected chi connectivity index (χ3v) is 6.33. The summed E-state index contributed by atoms with van der Waals surface area (Å²) in [6.07, 6.45) is 4.64. The fourth-order valence-corrected chi connectivity index (χ4v) is 4.49. The number of imidazole rings is 1. The smallest absolute Gasteiger partial charge is 0.263 e. The van der Waals surface area contributed by atoms with Crippen LogP contribution in [0.25, 0.3) is 0 Å². The summed E-state index contributed by atoms with van der Waals surface area (Å²) < 4.78 is 15.6. The molecule has 8 heteroatoms. The molecule has 0 saturated carbocycles. The number of aromatic nitrogens is 2. The first kappa shape index (κ1) is 20.3. The molecular formula is C22H23FN4O2S. The molecule has 1 atom stereocenters. The van der Waals surface area contributed by atoms with Crippen molar-refractivity contribution in [2.24, 2.45) is 13.0 Å². The maximum Gasteiger partial charge on any atom is 0.263 e. The molecule has 1 aliphatic heterocycles. The average Bonchev–Trinajstić information content (AvgIpc) is 3.43. The highest BCUT2D eigenvalue weighted by atomic mass is 32.1. The highest BCUT2D eigenvalue weighted by Crippen LogP contribution is 2.25. The van der Waals surface area contributed by atoms with E-state index in [0.29, 0.717) is 37.3 Å². The highest BCUT2D eigenvalue weighted by Gasteiger charge is 2.30. The first-order chi connectivity index (χ1) is 14.5. The average molecular weight is 427 g/mol. The van der Waals surface area contributed by atoms with Crippen LogP contribution >= 0.6 is 11.3 Å². The maximum absolute atomic E-state index is 13.8. The fraction of sp³-hybridized carbons (Fsp3) is 0.318. The van der Waals surface area contributed by atoms with Gasteiger partial charge in [0.05, 0.1) is 4.88 Å². The second-order valence-electron chi connectivity index (χ2n) is 7.44. The lowest BCUT2D eigenvalue weighted by Gasteiger charge is -2.32. The molecule has 30 heavy (non-hydrogen) atoms. The van der Waals surface area contributed by atoms with Gasteiger partial charge in [0.15, 0.2) is 0 Å². The molecule has 0 radical (unpaired) electrons. The number of thiophene rings is 1. The number of hydrogen-bond donors (Lipinski definition) is 1. The van der Waals surface area contributed by atoms with Crippen molar-refractivity contribution in [3.05, 3.63) is 76.3 Å². The van der Waals surface area contributed by atoms with Gasteiger partial charge >= 0.3 is 0 Å². The molecule has 0 unspecified atom stereocenters. The number of aryl methyl sites for hydroxylation is 1. The van der Waals surface area contributed by atoms with Crippen molar-refractivity contribution < 1.29 is 14.0 Å². The molecule has 2 aromatic heterocycles. The minimum absolute atomic E-state index is 0.0227. The van der Waals surface area contributed by atoms with Gasteiger partial charge in [-0.25, -0.2) is 9.37 Å². The Bertz CT molecular complexity index is 1030. The summed E-state index contributed by atoms with van der Waals surface area (Å²) >= 11 is 1.43. The number of likely N-dealkylation sites (tertiary alicyclic amines) is 1. The van der Waals surface area contributed by atoms with E-state index in [1.807, 2.05) is 29.1 Å². The summed E-state index contributed by atoms with van der Waals surface area (Å²) in [5, 5.41) is 4.94. The van der Waals surface area contributed by atoms with Crippen LogP contribution in [-0.4, -0.2) is 39.4 Å². The molecular weight excluding hydrogens is 403 g/mol. The van der Waals surface area contributed by atoms with Crippen molar-refractivity contribution in [1.29, 1.82) is 0 Å². The Labute approximate surface area is 178 Å². The van der Waals surface area contributed by atoms with Crippen LogP contribution < -0.4 is 5.32 Å². The lowest BCUT2D eigenvalue weighted by Crippen LogP contribution is -2.44. The number of hydrogen-bond acceptors (Lipinski definition) is 4. The number of carbonyl (C=O) groups is 2. The van der Waals surface area contributed by atoms with Crippen LogP contribution in [0, 0.1) is 11.7 Å². The van der Waals surface area contributed by atoms with E-state index >= 15 is 0 Å². The van der Waals surface area contributed by atoms with Gasteiger partial charge in [0.2, 0.25) is 5.91 Å². The predicted octanol–water partition coefficient (Wildman–Crippen LogP) is 3.38. The van der Waals surface area contributed by atoms with Crippen LogP contribution in [0.15, 0.2) is 54.2 Å². The van der Waals surface area contributed by atoms with Gasteiger partial charge in [0, 0.05) is 38.4 Å². The number of halogens is 1. The Hall–Kier alpha value is -3.00. The van der Waals surface area contributed by atoms with Crippen LogP contribution in [0.3, 0.4) is 0 Å². The summed E-state index contributed by atoms with van der Waals surface area (Å²) in [6.45, 7) is 1.09. The summed E-state index contributed by atoms with van der Waals surface area (Å²) in [5.74, 6) is -0.000632. The minimum atomic E-state index is -0.543. The quantitative estimate of drug-likeness (QED) is 0.680. The number of piperidine rings is 1. The molecule has 3 aromatic rings. The third kappa shape index (κ3) is 4.28. The van der Waals surface area contributed by atoms with E-state index in [1.165, 1.54) is 23.5 Å². The van der Waals surface area contributed by atoms with Gasteiger partial charge in [-0.15, -0.1) is 11.3 Å². The summed E-state index contributed by atoms with van der Waals surface area (Å²) in [7, 11) is 1.84. The first-order valence-electron chi connectivity index (χ1n) is 9.89. The zero-order valence-corrected chi connectivity index (χ0v) is 17.4. The molecule has 6 nitrogen and oxygen atoms in total. The van der Waals surface area contributed by atoms with E-state index < -0.39 is 6.04 Å². The van der Waals surface area contributed by atoms with Gasteiger partial charge < -0.3 is 14.8 Å². The highest BCUT2D eigenvalue weighted by molar-refractivity contribution is 7.12. The normalized spacial score (nSPS) is 15.7. The third-order valence-electron chi connectivity index (χ3n) is 5.47. The van der Waals surface area contributed by atoms with Gasteiger partial charge in [-0.1, -0.05) is 18.2 Å². The van der Waals surface area contributed by atoms with Crippen LogP contribution in [0.4, 0.5) is 4.39 Å². The Morgan fingerprint density at radius 2 is 2.03 bits per heavy atom. The molecule has 3 heterocycles. The van der Waals surface area contributed by atoms with Gasteiger partial charge in [0.25, 0.3) is 5.91 Å². The van der Waals surface area contributed by atoms with Crippen LogP contribution in [0.1, 0.15) is 39.9 Å². The fourth-order valence-electron chi connectivity index (χ4n) is 3.80. The molecule has 2 amide bonds. The molecule has 4 rings (SSSR count). The summed E-state index contributed by atoms with van der Waals surface area (Å²) in [5.41, 5.74) is 0.642. The van der Waals surface area contributed by atoms with Crippen molar-refractivity contribution in [1.82, 2.24) is 19.8 Å². The van der Waals surface area contributed by atoms with Gasteiger partial charge in [-0.2, -0.15) is 0 Å². The van der Waals surface area contributed by atoms with Crippen LogP contribution in [0.2, 0.25) is 0 Å². The Morgan fingerprint density at radius 3 is 2.67 bits per heavy atom. The molecule has 0 aliphatic carbocycles. The standard InChI is InChI=1S/C22H23FN4O2S/c1-26-12-9-24-20(26)19(16-4-2-5-17(23)14-16)25-21(28)15-7-10-27(11-8-15)22(29)18-6-3-13-30-18/h2-6,9,12-15,19H,7-8,10-11H2,1H3,(H,25,28)/t19-/m0/s1. The minimum Gasteiger partial charge on any atom is -0.342 e. The van der Waals surface area contributed by atoms with Crippen molar-refractivity contribution in [2.75, 3.05) is 13.1 Å². The van der Waals surface area contributed by atoms with Crippen molar-refractivity contribution >= 4 is 23.2 Å². The molecule has 1 fully saturated rings. The van der Waals surface area contributed by atoms with Gasteiger partial charge in [-0.3, -0.25) is 9.59 Å². The number of carbonyl (C=O) groups excluding carboxylic acids is 2. The monoisotopic (exact) mass is 426 g/mol. The van der Waals surface area contributed by atoms with E-state index in [9.17, 15) is 14.0 Å². The SMILES string of the molecule is Cn1ccnc1[C@@H](NC(=O)C1CCN(C(=O)c2cccs2)CC1)c1cccc(F)c1. The number of amides is 2. The Morgan fingerprint density at radius 1 is 1.23 bits per heavy atom. The van der Waals surface area contributed by atoms with Crippen molar-refractivity contribution in [2.45, 2.75) is 18.9 Å². The predicted molar refractivity (Wildman–Crippen MR) is 113 cm³/mol. The number of nitrogens with one attached hydrogen (secondary N) is 1. The van der Waals surface area contributed by atoms with Crippen molar-refractivity contribution in [3.8, 4) is 0 Å². The zero-order chi connectivity index (χ0) is 21.1. The van der Waals surface area contributed by atoms with E-state index in [0.717, 1.165) is 4.88 Å². The topological polar surface area (TPSA) is 67.2 Å². The molecule has 1 saturated heterocycles. The summed E-state index contributed by atoms with van der Waals surface area (Å²) in [4.78, 5) is 32.4. The van der Waals surface area contributed by atoms with E-state index in [-0.39, 0.29) is 23.5 Å². The zero-order valence-electron chi connectivity index (χ0n) is 16.6. The second-order valence-corrected chi connectivity index (χ2v) is 8.38. The van der Waals surface area contributed by atoms with E-state index in [1.54, 1.807) is 29.4 Å². The Kier molecular flexibility index (Phi) is 5.94. The largest absolute Gasteiger partial charge is 0.342 e. The van der Waals surface area contributed by atoms with Crippen molar-refractivity contribution in [3.63, 3.8) is 0 Å². The molecule has 0 spiro atoms. The molecule has 1 aromatic carbocycles. The van der Waals surface area contributed by atoms with Gasteiger partial charge in [-0.05, 0) is 42.0 Å². The molecule has 156 valence electrons. The van der Waals surface area contributed by atoms with E-state index in [4.69, 9.17) is 0 Å². The number of benzene rings is 1. The lowest BCUT2D eigenvalue weighted by molar-refractivity contribution is -0.126. The molecule has 1 N–H and O–H groups in total. The number of nitrogens with zero attached hydrogens (tertiary/aromatic N) is 3. The lowest BCUT2D eigenvalue weighted by atomic mass is 9.94. The van der Waals surface area contributed by atoms with Crippen LogP contribution in [0.5, 0.6) is 0 Å². The molecule has 0 bridgehead atoms. The van der Waals surface area contributed by atoms with Crippen LogP contribution in [-0.2, 0) is 11.8 Å². The Balaban J connectivity index is 1.45. The maximum atomic E-state index is 13.8. The molecule has 1 aliphatic rings.